The molecule has 0 saturated heterocycles. The zero-order valence-electron chi connectivity index (χ0n) is 12.5. The van der Waals surface area contributed by atoms with Crippen LogP contribution in [0.2, 0.25) is 0 Å². The van der Waals surface area contributed by atoms with E-state index < -0.39 is 0 Å². The van der Waals surface area contributed by atoms with Gasteiger partial charge in [0.1, 0.15) is 0 Å². The van der Waals surface area contributed by atoms with Gasteiger partial charge in [0, 0.05) is 32.1 Å². The SMILES string of the molecule is CCNC(=O)CC(CN)N(CC)CC(CC)CC. The average Bonchev–Trinajstić information content (AvgIpc) is 2.38. The van der Waals surface area contributed by atoms with Crippen molar-refractivity contribution in [1.82, 2.24) is 10.2 Å². The summed E-state index contributed by atoms with van der Waals surface area (Å²) in [7, 11) is 0. The monoisotopic (exact) mass is 257 g/mol. The number of rotatable bonds is 10. The van der Waals surface area contributed by atoms with Crippen LogP contribution in [0.5, 0.6) is 0 Å². The molecule has 1 atom stereocenters. The molecule has 4 nitrogen and oxygen atoms in total. The number of amides is 1. The topological polar surface area (TPSA) is 58.4 Å². The normalized spacial score (nSPS) is 13.1. The van der Waals surface area contributed by atoms with Crippen molar-refractivity contribution in [3.63, 3.8) is 0 Å². The van der Waals surface area contributed by atoms with Gasteiger partial charge in [-0.3, -0.25) is 9.69 Å². The Hall–Kier alpha value is -0.610. The highest BCUT2D eigenvalue weighted by Crippen LogP contribution is 2.13. The Bertz CT molecular complexity index is 217. The zero-order valence-corrected chi connectivity index (χ0v) is 12.5. The summed E-state index contributed by atoms with van der Waals surface area (Å²) < 4.78 is 0. The number of nitrogens with zero attached hydrogens (tertiary/aromatic N) is 1. The Kier molecular flexibility index (Phi) is 9.98. The lowest BCUT2D eigenvalue weighted by Gasteiger charge is -2.32. The summed E-state index contributed by atoms with van der Waals surface area (Å²) in [6.45, 7) is 11.8. The lowest BCUT2D eigenvalue weighted by Crippen LogP contribution is -2.45. The predicted molar refractivity (Wildman–Crippen MR) is 77.5 cm³/mol. The first-order valence-electron chi connectivity index (χ1n) is 7.33. The molecule has 0 bridgehead atoms. The summed E-state index contributed by atoms with van der Waals surface area (Å²) in [4.78, 5) is 14.0. The van der Waals surface area contributed by atoms with Gasteiger partial charge in [0.25, 0.3) is 0 Å². The van der Waals surface area contributed by atoms with Crippen LogP contribution in [-0.2, 0) is 4.79 Å². The summed E-state index contributed by atoms with van der Waals surface area (Å²) in [5.41, 5.74) is 5.83. The summed E-state index contributed by atoms with van der Waals surface area (Å²) in [5, 5.41) is 2.85. The van der Waals surface area contributed by atoms with Crippen LogP contribution in [0.3, 0.4) is 0 Å². The molecule has 1 amide bonds. The van der Waals surface area contributed by atoms with Gasteiger partial charge in [-0.15, -0.1) is 0 Å². The second kappa shape index (κ2) is 10.3. The van der Waals surface area contributed by atoms with Crippen LogP contribution >= 0.6 is 0 Å². The lowest BCUT2D eigenvalue weighted by atomic mass is 10.0. The van der Waals surface area contributed by atoms with E-state index in [-0.39, 0.29) is 11.9 Å². The smallest absolute Gasteiger partial charge is 0.221 e. The number of likely N-dealkylation sites (N-methyl/N-ethyl adjacent to an activating group) is 1. The molecule has 0 aromatic rings. The van der Waals surface area contributed by atoms with Crippen molar-refractivity contribution in [3.05, 3.63) is 0 Å². The van der Waals surface area contributed by atoms with Crippen molar-refractivity contribution < 1.29 is 4.79 Å². The number of nitrogens with one attached hydrogen (secondary N) is 1. The Balaban J connectivity index is 4.41. The van der Waals surface area contributed by atoms with Gasteiger partial charge in [-0.2, -0.15) is 0 Å². The molecule has 4 heteroatoms. The van der Waals surface area contributed by atoms with E-state index in [2.05, 4.69) is 31.0 Å². The quantitative estimate of drug-likeness (QED) is 0.625. The van der Waals surface area contributed by atoms with E-state index in [1.807, 2.05) is 6.92 Å². The van der Waals surface area contributed by atoms with E-state index in [1.165, 1.54) is 12.8 Å². The van der Waals surface area contributed by atoms with E-state index in [1.54, 1.807) is 0 Å². The van der Waals surface area contributed by atoms with E-state index in [4.69, 9.17) is 5.73 Å². The van der Waals surface area contributed by atoms with Crippen molar-refractivity contribution in [2.45, 2.75) is 53.0 Å². The van der Waals surface area contributed by atoms with Gasteiger partial charge >= 0.3 is 0 Å². The van der Waals surface area contributed by atoms with Gasteiger partial charge in [0.15, 0.2) is 0 Å². The highest BCUT2D eigenvalue weighted by molar-refractivity contribution is 5.76. The second-order valence-electron chi connectivity index (χ2n) is 4.82. The molecular formula is C14H31N3O. The fourth-order valence-corrected chi connectivity index (χ4v) is 2.26. The van der Waals surface area contributed by atoms with Gasteiger partial charge in [-0.1, -0.05) is 33.6 Å². The van der Waals surface area contributed by atoms with Gasteiger partial charge in [-0.05, 0) is 19.4 Å². The van der Waals surface area contributed by atoms with Gasteiger partial charge < -0.3 is 11.1 Å². The largest absolute Gasteiger partial charge is 0.356 e. The highest BCUT2D eigenvalue weighted by Gasteiger charge is 2.20. The van der Waals surface area contributed by atoms with Crippen LogP contribution in [0.15, 0.2) is 0 Å². The minimum Gasteiger partial charge on any atom is -0.356 e. The molecule has 18 heavy (non-hydrogen) atoms. The maximum absolute atomic E-state index is 11.7. The van der Waals surface area contributed by atoms with Gasteiger partial charge in [0.05, 0.1) is 0 Å². The Morgan fingerprint density at radius 1 is 1.22 bits per heavy atom. The number of hydrogen-bond donors (Lipinski definition) is 2. The third-order valence-corrected chi connectivity index (χ3v) is 3.64. The molecule has 0 radical (unpaired) electrons. The van der Waals surface area contributed by atoms with Gasteiger partial charge in [0.2, 0.25) is 5.91 Å². The molecule has 0 fully saturated rings. The van der Waals surface area contributed by atoms with Crippen molar-refractivity contribution in [2.24, 2.45) is 11.7 Å². The lowest BCUT2D eigenvalue weighted by molar-refractivity contribution is -0.122. The first-order chi connectivity index (χ1) is 8.62. The van der Waals surface area contributed by atoms with Crippen LogP contribution in [0.25, 0.3) is 0 Å². The minimum absolute atomic E-state index is 0.107. The Morgan fingerprint density at radius 3 is 2.22 bits per heavy atom. The molecule has 0 aliphatic carbocycles. The zero-order chi connectivity index (χ0) is 14.0. The van der Waals surface area contributed by atoms with Crippen molar-refractivity contribution in [1.29, 1.82) is 0 Å². The molecule has 0 aliphatic rings. The maximum Gasteiger partial charge on any atom is 0.221 e. The Labute approximate surface area is 112 Å². The number of hydrogen-bond acceptors (Lipinski definition) is 3. The van der Waals surface area contributed by atoms with E-state index in [9.17, 15) is 4.79 Å². The summed E-state index contributed by atoms with van der Waals surface area (Å²) in [6.07, 6.45) is 2.88. The highest BCUT2D eigenvalue weighted by atomic mass is 16.1. The van der Waals surface area contributed by atoms with Crippen molar-refractivity contribution in [3.8, 4) is 0 Å². The maximum atomic E-state index is 11.7. The summed E-state index contributed by atoms with van der Waals surface area (Å²) in [5.74, 6) is 0.809. The van der Waals surface area contributed by atoms with E-state index >= 15 is 0 Å². The molecule has 0 aromatic heterocycles. The third-order valence-electron chi connectivity index (χ3n) is 3.64. The van der Waals surface area contributed by atoms with Crippen molar-refractivity contribution in [2.75, 3.05) is 26.2 Å². The fourth-order valence-electron chi connectivity index (χ4n) is 2.26. The average molecular weight is 257 g/mol. The molecule has 0 aliphatic heterocycles. The first kappa shape index (κ1) is 17.4. The third kappa shape index (κ3) is 6.36. The van der Waals surface area contributed by atoms with Crippen LogP contribution in [0, 0.1) is 5.92 Å². The van der Waals surface area contributed by atoms with Crippen LogP contribution in [-0.4, -0.2) is 43.0 Å². The molecular weight excluding hydrogens is 226 g/mol. The molecule has 0 aromatic carbocycles. The molecule has 1 unspecified atom stereocenters. The number of carbonyl (C=O) groups is 1. The molecule has 3 N–H and O–H groups in total. The number of nitrogens with two attached hydrogens (primary N) is 1. The van der Waals surface area contributed by atoms with Crippen LogP contribution in [0.1, 0.15) is 47.0 Å². The van der Waals surface area contributed by atoms with Crippen LogP contribution < -0.4 is 11.1 Å². The van der Waals surface area contributed by atoms with Crippen LogP contribution in [0.4, 0.5) is 0 Å². The predicted octanol–water partition coefficient (Wildman–Crippen LogP) is 1.60. The fraction of sp³-hybridized carbons (Fsp3) is 0.929. The standard InChI is InChI=1S/C14H31N3O/c1-5-12(6-2)11-17(8-4)13(10-15)9-14(18)16-7-3/h12-13H,5-11,15H2,1-4H3,(H,16,18). The summed E-state index contributed by atoms with van der Waals surface area (Å²) >= 11 is 0. The second-order valence-corrected chi connectivity index (χ2v) is 4.82. The molecule has 0 saturated carbocycles. The summed E-state index contributed by atoms with van der Waals surface area (Å²) in [6, 6.07) is 0.169. The molecule has 0 spiro atoms. The Morgan fingerprint density at radius 2 is 1.83 bits per heavy atom. The minimum atomic E-state index is 0.107. The first-order valence-corrected chi connectivity index (χ1v) is 7.33. The van der Waals surface area contributed by atoms with E-state index in [0.29, 0.717) is 25.4 Å². The molecule has 0 heterocycles. The van der Waals surface area contributed by atoms with E-state index in [0.717, 1.165) is 13.1 Å². The van der Waals surface area contributed by atoms with Gasteiger partial charge in [-0.25, -0.2) is 0 Å². The molecule has 0 rings (SSSR count). The number of carbonyl (C=O) groups excluding carboxylic acids is 1. The van der Waals surface area contributed by atoms with Crippen molar-refractivity contribution >= 4 is 5.91 Å². The molecule has 108 valence electrons.